The molecule has 15 rings (SSSR count). The molecule has 1 spiro atoms. The van der Waals surface area contributed by atoms with Crippen LogP contribution < -0.4 is 20.7 Å². The second kappa shape index (κ2) is 12.6. The van der Waals surface area contributed by atoms with Crippen molar-refractivity contribution < 1.29 is 5.48 Å². The molecule has 2 nitrogen and oxygen atoms in total. The Labute approximate surface area is 363 Å². The maximum absolute atomic E-state index is 9.42. The Bertz CT molecular complexity index is 3490. The first kappa shape index (κ1) is 30.6. The molecule has 61 heavy (non-hydrogen) atoms. The Morgan fingerprint density at radius 3 is 1.61 bits per heavy atom. The van der Waals surface area contributed by atoms with Gasteiger partial charge in [-0.2, -0.15) is 0 Å². The second-order valence-corrected chi connectivity index (χ2v) is 22.4. The predicted octanol–water partition coefficient (Wildman–Crippen LogP) is 11.3. The summed E-state index contributed by atoms with van der Waals surface area (Å²) in [5, 5.41) is 9.30. The summed E-state index contributed by atoms with van der Waals surface area (Å²) in [6, 6.07) is 63.1. The molecule has 3 heteroatoms. The molecule has 0 unspecified atom stereocenters. The lowest BCUT2D eigenvalue weighted by atomic mass is 9.41. The fourth-order valence-corrected chi connectivity index (χ4v) is 18.8. The van der Waals surface area contributed by atoms with Crippen LogP contribution in [0.1, 0.15) is 48.7 Å². The molecule has 3 heterocycles. The summed E-state index contributed by atoms with van der Waals surface area (Å²) in [5.74, 6) is 2.51. The number of nitrogens with zero attached hydrogens (tertiary/aromatic N) is 2. The Balaban J connectivity index is 1.14. The molecule has 5 aliphatic rings. The maximum Gasteiger partial charge on any atom is 0.179 e. The van der Waals surface area contributed by atoms with E-state index in [2.05, 4.69) is 161 Å². The van der Waals surface area contributed by atoms with Crippen LogP contribution in [0.2, 0.25) is 0 Å². The molecule has 0 saturated heterocycles. The maximum atomic E-state index is 9.42. The van der Waals surface area contributed by atoms with E-state index in [1.54, 1.807) is 0 Å². The van der Waals surface area contributed by atoms with Crippen LogP contribution >= 0.6 is 0 Å². The van der Waals surface area contributed by atoms with E-state index in [1.165, 1.54) is 91.5 Å². The molecule has 4 aliphatic carbocycles. The van der Waals surface area contributed by atoms with Gasteiger partial charge >= 0.3 is 0 Å². The minimum absolute atomic E-state index is 0.00141. The van der Waals surface area contributed by atoms with Gasteiger partial charge in [0.05, 0.1) is 33.2 Å². The molecule has 4 saturated carbocycles. The van der Waals surface area contributed by atoms with Crippen molar-refractivity contribution in [1.29, 1.82) is 0 Å². The van der Waals surface area contributed by atoms with Crippen molar-refractivity contribution in [2.75, 3.05) is 0 Å². The molecule has 0 radical (unpaired) electrons. The van der Waals surface area contributed by atoms with Crippen molar-refractivity contribution in [2.24, 2.45) is 23.7 Å². The molecule has 4 bridgehead atoms. The van der Waals surface area contributed by atoms with E-state index < -0.39 is 8.07 Å². The highest BCUT2D eigenvalue weighted by Gasteiger charge is 2.61. The van der Waals surface area contributed by atoms with E-state index in [9.17, 15) is 2.74 Å². The molecule has 0 atom stereocenters. The summed E-state index contributed by atoms with van der Waals surface area (Å²) in [4.78, 5) is 0. The van der Waals surface area contributed by atoms with Gasteiger partial charge < -0.3 is 9.13 Å². The molecule has 8 aromatic carbocycles. The lowest BCUT2D eigenvalue weighted by molar-refractivity contribution is -0.0418. The van der Waals surface area contributed by atoms with Crippen molar-refractivity contribution >= 4 is 72.4 Å². The first-order valence-electron chi connectivity index (χ1n) is 24.3. The lowest BCUT2D eigenvalue weighted by Gasteiger charge is -2.63. The van der Waals surface area contributed by atoms with Gasteiger partial charge in [-0.25, -0.2) is 0 Å². The van der Waals surface area contributed by atoms with Gasteiger partial charge in [-0.05, 0) is 124 Å². The fraction of sp³-hybridized carbons (Fsp3) is 0.172. The predicted molar refractivity (Wildman–Crippen MR) is 257 cm³/mol. The first-order chi connectivity index (χ1) is 31.9. The van der Waals surface area contributed by atoms with Gasteiger partial charge in [0.25, 0.3) is 0 Å². The van der Waals surface area contributed by atoms with Gasteiger partial charge in [-0.3, -0.25) is 0 Å². The van der Waals surface area contributed by atoms with Crippen LogP contribution in [0.25, 0.3) is 55.0 Å². The van der Waals surface area contributed by atoms with E-state index in [-0.39, 0.29) is 29.6 Å². The number of hydrogen-bond acceptors (Lipinski definition) is 0. The Morgan fingerprint density at radius 1 is 0.443 bits per heavy atom. The number of benzene rings is 8. The van der Waals surface area contributed by atoms with E-state index in [1.807, 2.05) is 18.2 Å². The van der Waals surface area contributed by atoms with E-state index in [4.69, 9.17) is 2.74 Å². The van der Waals surface area contributed by atoms with Gasteiger partial charge in [0.1, 0.15) is 0 Å². The highest BCUT2D eigenvalue weighted by molar-refractivity contribution is 7.19. The normalized spacial score (nSPS) is 23.4. The molecule has 0 N–H and O–H groups in total. The highest BCUT2D eigenvalue weighted by atomic mass is 28.3. The number of aromatic nitrogens is 2. The molecule has 0 amide bonds. The van der Waals surface area contributed by atoms with Crippen LogP contribution in [0.15, 0.2) is 194 Å². The lowest BCUT2D eigenvalue weighted by Crippen LogP contribution is -2.74. The number of fused-ring (bicyclic) bond motifs is 8. The summed E-state index contributed by atoms with van der Waals surface area (Å²) < 4.78 is 41.0. The number of rotatable bonds is 5. The zero-order valence-corrected chi connectivity index (χ0v) is 34.9. The van der Waals surface area contributed by atoms with Crippen LogP contribution in [0.4, 0.5) is 0 Å². The SMILES string of the molecule is [2H]c1c([2H])c([2H])c2c(c1[2H])c1ccccc1n2-c1cc2c3c(c1)c1ccccc1n3-c1cc([Si](c3ccccc3)(c3ccccc3)c3ccccc3)ccc1C21C2CC3CC(C2)CC1C3. The average molecular weight is 803 g/mol. The molecule has 10 aromatic rings. The Morgan fingerprint density at radius 2 is 0.984 bits per heavy atom. The van der Waals surface area contributed by atoms with Gasteiger partial charge in [-0.15, -0.1) is 0 Å². The smallest absolute Gasteiger partial charge is 0.179 e. The molecular formula is C58H46N2Si. The van der Waals surface area contributed by atoms with Crippen LogP contribution in [-0.4, -0.2) is 17.2 Å². The standard InChI is InChI=1S/C58H46N2Si/c1-4-16-43(17-5-1)61(44-18-6-2-7-19-44,45-20-8-3-9-21-45)46-28-29-51-56(37-46)60-55-27-15-12-24-49(55)50-35-42(59-53-25-13-10-22-47(53)48-23-11-14-26-54(48)59)36-52(57(50)60)58(51)40-31-38-30-39(33-40)34-41(58)32-38/h1-29,35-41H,30-34H2/i10D,13D,22D,25D. The average Bonchev–Trinajstić information content (AvgIpc) is 3.88. The van der Waals surface area contributed by atoms with Gasteiger partial charge in [0.2, 0.25) is 0 Å². The summed E-state index contributed by atoms with van der Waals surface area (Å²) in [6.45, 7) is 0. The monoisotopic (exact) mass is 802 g/mol. The largest absolute Gasteiger partial charge is 0.309 e. The number of hydrogen-bond donors (Lipinski definition) is 0. The zero-order chi connectivity index (χ0) is 43.3. The quantitative estimate of drug-likeness (QED) is 0.121. The summed E-state index contributed by atoms with van der Waals surface area (Å²) in [6.07, 6.45) is 6.31. The van der Waals surface area contributed by atoms with E-state index in [0.29, 0.717) is 22.7 Å². The summed E-state index contributed by atoms with van der Waals surface area (Å²) in [7, 11) is -2.87. The van der Waals surface area contributed by atoms with Crippen molar-refractivity contribution in [3.05, 3.63) is 205 Å². The zero-order valence-electron chi connectivity index (χ0n) is 37.9. The van der Waals surface area contributed by atoms with Crippen LogP contribution in [0, 0.1) is 23.7 Å². The third kappa shape index (κ3) is 4.42. The van der Waals surface area contributed by atoms with E-state index in [0.717, 1.165) is 28.4 Å². The first-order valence-corrected chi connectivity index (χ1v) is 24.3. The Hall–Kier alpha value is -6.42. The molecule has 292 valence electrons. The van der Waals surface area contributed by atoms with Gasteiger partial charge in [-0.1, -0.05) is 158 Å². The third-order valence-corrected chi connectivity index (χ3v) is 20.7. The fourth-order valence-electron chi connectivity index (χ4n) is 14.0. The highest BCUT2D eigenvalue weighted by Crippen LogP contribution is 2.68. The summed E-state index contributed by atoms with van der Waals surface area (Å²) >= 11 is 0. The van der Waals surface area contributed by atoms with Gasteiger partial charge in [0.15, 0.2) is 8.07 Å². The molecule has 4 fully saturated rings. The van der Waals surface area contributed by atoms with Gasteiger partial charge in [0, 0.05) is 32.6 Å². The van der Waals surface area contributed by atoms with Crippen molar-refractivity contribution in [3.63, 3.8) is 0 Å². The molecule has 2 aromatic heterocycles. The minimum Gasteiger partial charge on any atom is -0.309 e. The molecular weight excluding hydrogens is 753 g/mol. The molecule has 1 aliphatic heterocycles. The van der Waals surface area contributed by atoms with Crippen molar-refractivity contribution in [2.45, 2.75) is 37.5 Å². The summed E-state index contributed by atoms with van der Waals surface area (Å²) in [5.41, 5.74) is 8.80. The third-order valence-electron chi connectivity index (χ3n) is 15.9. The van der Waals surface area contributed by atoms with Crippen molar-refractivity contribution in [1.82, 2.24) is 9.13 Å². The Kier molecular flexibility index (Phi) is 6.30. The van der Waals surface area contributed by atoms with Crippen LogP contribution in [0.5, 0.6) is 0 Å². The van der Waals surface area contributed by atoms with Crippen LogP contribution in [0.3, 0.4) is 0 Å². The van der Waals surface area contributed by atoms with Crippen molar-refractivity contribution in [3.8, 4) is 11.4 Å². The van der Waals surface area contributed by atoms with E-state index >= 15 is 0 Å². The minimum atomic E-state index is -2.87. The topological polar surface area (TPSA) is 9.86 Å². The second-order valence-electron chi connectivity index (χ2n) is 18.6. The van der Waals surface area contributed by atoms with Crippen LogP contribution in [-0.2, 0) is 5.41 Å². The number of para-hydroxylation sites is 3.